The number of rotatable bonds is 2. The van der Waals surface area contributed by atoms with Crippen molar-refractivity contribution < 1.29 is 0 Å². The maximum absolute atomic E-state index is 5.97. The van der Waals surface area contributed by atoms with E-state index in [-0.39, 0.29) is 0 Å². The van der Waals surface area contributed by atoms with Gasteiger partial charge in [0.1, 0.15) is 5.69 Å². The molecule has 1 aliphatic heterocycles. The van der Waals surface area contributed by atoms with E-state index in [4.69, 9.17) is 23.2 Å². The summed E-state index contributed by atoms with van der Waals surface area (Å²) in [6.45, 7) is 1.95. The molecule has 5 heteroatoms. The Hall–Kier alpha value is -0.800. The van der Waals surface area contributed by atoms with Crippen LogP contribution in [0.2, 0.25) is 10.0 Å². The van der Waals surface area contributed by atoms with Crippen molar-refractivity contribution in [3.8, 4) is 0 Å². The lowest BCUT2D eigenvalue weighted by Gasteiger charge is -2.07. The molecule has 0 aromatic heterocycles. The molecule has 0 aliphatic carbocycles. The Morgan fingerprint density at radius 2 is 1.87 bits per heavy atom. The molecule has 80 valence electrons. The third-order valence-corrected chi connectivity index (χ3v) is 3.10. The Labute approximate surface area is 98.7 Å². The molecule has 0 amide bonds. The minimum Gasteiger partial charge on any atom is -0.278 e. The Bertz CT molecular complexity index is 373. The van der Waals surface area contributed by atoms with E-state index in [1.807, 2.05) is 11.1 Å². The van der Waals surface area contributed by atoms with Gasteiger partial charge in [-0.2, -0.15) is 0 Å². The van der Waals surface area contributed by atoms with Crippen LogP contribution in [-0.4, -0.2) is 18.1 Å². The number of hydrogen-bond donors (Lipinski definition) is 0. The highest BCUT2D eigenvalue weighted by Crippen LogP contribution is 2.32. The maximum atomic E-state index is 5.97. The minimum absolute atomic E-state index is 0.460. The summed E-state index contributed by atoms with van der Waals surface area (Å²) in [4.78, 5) is 0. The van der Waals surface area contributed by atoms with Gasteiger partial charge in [0, 0.05) is 13.1 Å². The summed E-state index contributed by atoms with van der Waals surface area (Å²) in [6.07, 6.45) is 2.37. The van der Waals surface area contributed by atoms with Crippen LogP contribution in [0, 0.1) is 0 Å². The molecule has 1 aliphatic rings. The molecule has 0 atom stereocenters. The lowest BCUT2D eigenvalue weighted by Crippen LogP contribution is -2.09. The van der Waals surface area contributed by atoms with Crippen LogP contribution in [0.4, 0.5) is 5.69 Å². The second-order valence-corrected chi connectivity index (χ2v) is 4.21. The fourth-order valence-electron chi connectivity index (χ4n) is 1.47. The quantitative estimate of drug-likeness (QED) is 0.720. The molecule has 1 saturated heterocycles. The van der Waals surface area contributed by atoms with Gasteiger partial charge in [-0.25, -0.2) is 0 Å². The zero-order valence-corrected chi connectivity index (χ0v) is 9.67. The van der Waals surface area contributed by atoms with Gasteiger partial charge < -0.3 is 0 Å². The summed E-state index contributed by atoms with van der Waals surface area (Å²) in [5.74, 6) is 0. The second kappa shape index (κ2) is 4.81. The van der Waals surface area contributed by atoms with E-state index in [0.717, 1.165) is 13.1 Å². The van der Waals surface area contributed by atoms with Gasteiger partial charge in [-0.05, 0) is 25.0 Å². The molecule has 1 heterocycles. The van der Waals surface area contributed by atoms with Crippen LogP contribution >= 0.6 is 23.2 Å². The van der Waals surface area contributed by atoms with Crippen LogP contribution in [0.25, 0.3) is 0 Å². The van der Waals surface area contributed by atoms with Crippen molar-refractivity contribution in [3.05, 3.63) is 28.2 Å². The Morgan fingerprint density at radius 3 is 2.60 bits per heavy atom. The molecule has 0 N–H and O–H groups in total. The van der Waals surface area contributed by atoms with Crippen molar-refractivity contribution in [1.29, 1.82) is 0 Å². The standard InChI is InChI=1S/C10H11Cl2N3/c11-8-4-3-5-9(10(8)12)13-14-15-6-1-2-7-15/h3-5H,1-2,6-7H2. The topological polar surface area (TPSA) is 28.0 Å². The predicted molar refractivity (Wildman–Crippen MR) is 61.8 cm³/mol. The van der Waals surface area contributed by atoms with Crippen LogP contribution in [0.3, 0.4) is 0 Å². The van der Waals surface area contributed by atoms with Crippen molar-refractivity contribution in [1.82, 2.24) is 5.01 Å². The van der Waals surface area contributed by atoms with Gasteiger partial charge in [0.05, 0.1) is 10.0 Å². The van der Waals surface area contributed by atoms with Crippen molar-refractivity contribution in [2.24, 2.45) is 10.3 Å². The fourth-order valence-corrected chi connectivity index (χ4v) is 1.80. The average molecular weight is 244 g/mol. The summed E-state index contributed by atoms with van der Waals surface area (Å²) >= 11 is 11.8. The van der Waals surface area contributed by atoms with E-state index >= 15 is 0 Å². The van der Waals surface area contributed by atoms with Crippen LogP contribution in [-0.2, 0) is 0 Å². The number of halogens is 2. The normalized spacial score (nSPS) is 16.5. The zero-order chi connectivity index (χ0) is 10.7. The lowest BCUT2D eigenvalue weighted by atomic mass is 10.3. The Balaban J connectivity index is 2.12. The third-order valence-electron chi connectivity index (χ3n) is 2.29. The summed E-state index contributed by atoms with van der Waals surface area (Å²) < 4.78 is 0. The highest BCUT2D eigenvalue weighted by atomic mass is 35.5. The first-order chi connectivity index (χ1) is 7.27. The van der Waals surface area contributed by atoms with Gasteiger partial charge in [0.2, 0.25) is 0 Å². The van der Waals surface area contributed by atoms with Crippen molar-refractivity contribution >= 4 is 28.9 Å². The van der Waals surface area contributed by atoms with E-state index in [9.17, 15) is 0 Å². The third kappa shape index (κ3) is 2.61. The molecule has 15 heavy (non-hydrogen) atoms. The first-order valence-electron chi connectivity index (χ1n) is 4.88. The predicted octanol–water partition coefficient (Wildman–Crippen LogP) is 4.09. The van der Waals surface area contributed by atoms with E-state index in [1.165, 1.54) is 12.8 Å². The Kier molecular flexibility index (Phi) is 3.44. The molecule has 0 unspecified atom stereocenters. The van der Waals surface area contributed by atoms with Gasteiger partial charge in [-0.1, -0.05) is 34.5 Å². The molecule has 0 spiro atoms. The summed E-state index contributed by atoms with van der Waals surface area (Å²) in [5, 5.41) is 11.1. The molecule has 2 rings (SSSR count). The highest BCUT2D eigenvalue weighted by Gasteiger charge is 2.09. The van der Waals surface area contributed by atoms with Gasteiger partial charge in [-0.3, -0.25) is 5.01 Å². The van der Waals surface area contributed by atoms with Gasteiger partial charge in [-0.15, -0.1) is 5.11 Å². The molecule has 1 aromatic rings. The molecule has 1 aromatic carbocycles. The van der Waals surface area contributed by atoms with Crippen LogP contribution < -0.4 is 0 Å². The van der Waals surface area contributed by atoms with Gasteiger partial charge in [0.15, 0.2) is 0 Å². The largest absolute Gasteiger partial charge is 0.278 e. The minimum atomic E-state index is 0.460. The first kappa shape index (κ1) is 10.7. The van der Waals surface area contributed by atoms with Crippen molar-refractivity contribution in [2.75, 3.05) is 13.1 Å². The first-order valence-corrected chi connectivity index (χ1v) is 5.63. The summed E-state index contributed by atoms with van der Waals surface area (Å²) in [6, 6.07) is 5.35. The Morgan fingerprint density at radius 1 is 1.13 bits per heavy atom. The molecule has 0 radical (unpaired) electrons. The van der Waals surface area contributed by atoms with E-state index in [2.05, 4.69) is 10.3 Å². The number of nitrogens with zero attached hydrogens (tertiary/aromatic N) is 3. The SMILES string of the molecule is Clc1cccc(N=NN2CCCC2)c1Cl. The van der Waals surface area contributed by atoms with E-state index < -0.39 is 0 Å². The number of benzene rings is 1. The maximum Gasteiger partial charge on any atom is 0.107 e. The van der Waals surface area contributed by atoms with Crippen LogP contribution in [0.5, 0.6) is 0 Å². The molecular formula is C10H11Cl2N3. The average Bonchev–Trinajstić information content (AvgIpc) is 2.73. The highest BCUT2D eigenvalue weighted by molar-refractivity contribution is 6.43. The lowest BCUT2D eigenvalue weighted by molar-refractivity contribution is 0.336. The van der Waals surface area contributed by atoms with Crippen molar-refractivity contribution in [2.45, 2.75) is 12.8 Å². The molecule has 0 saturated carbocycles. The monoisotopic (exact) mass is 243 g/mol. The van der Waals surface area contributed by atoms with Gasteiger partial charge >= 0.3 is 0 Å². The van der Waals surface area contributed by atoms with E-state index in [0.29, 0.717) is 15.7 Å². The smallest absolute Gasteiger partial charge is 0.107 e. The molecule has 3 nitrogen and oxygen atoms in total. The zero-order valence-electron chi connectivity index (χ0n) is 8.16. The second-order valence-electron chi connectivity index (χ2n) is 3.42. The molecule has 0 bridgehead atoms. The summed E-state index contributed by atoms with van der Waals surface area (Å²) in [5.41, 5.74) is 0.621. The van der Waals surface area contributed by atoms with Gasteiger partial charge in [0.25, 0.3) is 0 Å². The summed E-state index contributed by atoms with van der Waals surface area (Å²) in [7, 11) is 0. The van der Waals surface area contributed by atoms with Crippen LogP contribution in [0.15, 0.2) is 28.5 Å². The fraction of sp³-hybridized carbons (Fsp3) is 0.400. The molecule has 1 fully saturated rings. The van der Waals surface area contributed by atoms with Crippen molar-refractivity contribution in [3.63, 3.8) is 0 Å². The molecular weight excluding hydrogens is 233 g/mol. The van der Waals surface area contributed by atoms with Crippen LogP contribution in [0.1, 0.15) is 12.8 Å². The van der Waals surface area contributed by atoms with E-state index in [1.54, 1.807) is 12.1 Å². The number of hydrogen-bond acceptors (Lipinski definition) is 2.